The van der Waals surface area contributed by atoms with Crippen LogP contribution in [0.4, 0.5) is 0 Å². The van der Waals surface area contributed by atoms with E-state index in [1.807, 2.05) is 0 Å². The molecule has 0 unspecified atom stereocenters. The second-order valence-electron chi connectivity index (χ2n) is 1.81. The smallest absolute Gasteiger partial charge is 0.0791 e. The second kappa shape index (κ2) is 3.47. The standard InChI is InChI=1S/C7H4Cl3/c8-4-5-1-6(9)3-7(10)2-5/h1-4H. The average Bonchev–Trinajstić information content (AvgIpc) is 1.85. The molecule has 0 aliphatic heterocycles. The van der Waals surface area contributed by atoms with Gasteiger partial charge in [-0.25, -0.2) is 0 Å². The van der Waals surface area contributed by atoms with Crippen molar-refractivity contribution in [3.63, 3.8) is 0 Å². The van der Waals surface area contributed by atoms with Crippen molar-refractivity contribution in [3.8, 4) is 0 Å². The molecule has 0 saturated heterocycles. The molecule has 0 aliphatic carbocycles. The quantitative estimate of drug-likeness (QED) is 0.639. The molecule has 53 valence electrons. The number of hydrogen-bond acceptors (Lipinski definition) is 0. The van der Waals surface area contributed by atoms with Crippen molar-refractivity contribution in [2.24, 2.45) is 0 Å². The lowest BCUT2D eigenvalue weighted by Crippen LogP contribution is -1.74. The van der Waals surface area contributed by atoms with E-state index >= 15 is 0 Å². The van der Waals surface area contributed by atoms with Crippen LogP contribution >= 0.6 is 34.8 Å². The molecule has 1 aromatic carbocycles. The maximum absolute atomic E-state index is 5.67. The summed E-state index contributed by atoms with van der Waals surface area (Å²) >= 11 is 16.8. The fourth-order valence-electron chi connectivity index (χ4n) is 0.638. The lowest BCUT2D eigenvalue weighted by molar-refractivity contribution is 1.59. The largest absolute Gasteiger partial charge is 0.116 e. The van der Waals surface area contributed by atoms with Crippen LogP contribution < -0.4 is 0 Å². The Morgan fingerprint density at radius 1 is 1.00 bits per heavy atom. The Morgan fingerprint density at radius 2 is 1.50 bits per heavy atom. The van der Waals surface area contributed by atoms with Crippen LogP contribution in [0, 0.1) is 5.88 Å². The van der Waals surface area contributed by atoms with Crippen molar-refractivity contribution < 1.29 is 0 Å². The summed E-state index contributed by atoms with van der Waals surface area (Å²) in [6.07, 6.45) is 0. The molecule has 0 amide bonds. The molecule has 0 bridgehead atoms. The topological polar surface area (TPSA) is 0 Å². The van der Waals surface area contributed by atoms with Crippen LogP contribution in [0.3, 0.4) is 0 Å². The molecule has 0 heterocycles. The van der Waals surface area contributed by atoms with Crippen molar-refractivity contribution >= 4 is 34.8 Å². The van der Waals surface area contributed by atoms with Gasteiger partial charge in [-0.15, -0.1) is 11.6 Å². The fraction of sp³-hybridized carbons (Fsp3) is 0. The molecule has 0 aliphatic rings. The average molecular weight is 194 g/mol. The van der Waals surface area contributed by atoms with Gasteiger partial charge in [0, 0.05) is 10.0 Å². The summed E-state index contributed by atoms with van der Waals surface area (Å²) in [4.78, 5) is 0. The first-order valence-corrected chi connectivity index (χ1v) is 3.81. The van der Waals surface area contributed by atoms with Crippen molar-refractivity contribution in [2.75, 3.05) is 0 Å². The van der Waals surface area contributed by atoms with E-state index in [1.54, 1.807) is 18.2 Å². The molecule has 0 aromatic heterocycles. The molecule has 10 heavy (non-hydrogen) atoms. The van der Waals surface area contributed by atoms with Crippen LogP contribution in [-0.4, -0.2) is 0 Å². The van der Waals surface area contributed by atoms with Crippen LogP contribution in [0.1, 0.15) is 5.56 Å². The molecule has 1 rings (SSSR count). The maximum Gasteiger partial charge on any atom is 0.0791 e. The molecule has 0 atom stereocenters. The van der Waals surface area contributed by atoms with E-state index in [-0.39, 0.29) is 0 Å². The molecular formula is C7H4Cl3. The Balaban J connectivity index is 3.06. The van der Waals surface area contributed by atoms with Crippen LogP contribution in [-0.2, 0) is 0 Å². The molecule has 0 fully saturated rings. The third-order valence-corrected chi connectivity index (χ3v) is 1.70. The predicted molar refractivity (Wildman–Crippen MR) is 45.7 cm³/mol. The highest BCUT2D eigenvalue weighted by atomic mass is 35.5. The van der Waals surface area contributed by atoms with Gasteiger partial charge in [0.05, 0.1) is 5.88 Å². The van der Waals surface area contributed by atoms with Crippen LogP contribution in [0.5, 0.6) is 0 Å². The van der Waals surface area contributed by atoms with Gasteiger partial charge in [0.25, 0.3) is 0 Å². The van der Waals surface area contributed by atoms with Gasteiger partial charge < -0.3 is 0 Å². The Kier molecular flexibility index (Phi) is 2.84. The third-order valence-electron chi connectivity index (χ3n) is 1.01. The molecule has 0 N–H and O–H groups in total. The van der Waals surface area contributed by atoms with Crippen molar-refractivity contribution in [1.82, 2.24) is 0 Å². The zero-order valence-corrected chi connectivity index (χ0v) is 7.21. The van der Waals surface area contributed by atoms with Crippen molar-refractivity contribution in [3.05, 3.63) is 39.7 Å². The summed E-state index contributed by atoms with van der Waals surface area (Å²) in [5, 5.41) is 1.19. The van der Waals surface area contributed by atoms with Gasteiger partial charge in [0.1, 0.15) is 0 Å². The highest BCUT2D eigenvalue weighted by molar-refractivity contribution is 6.35. The summed E-state index contributed by atoms with van der Waals surface area (Å²) in [5.41, 5.74) is 0.819. The number of hydrogen-bond donors (Lipinski definition) is 0. The van der Waals surface area contributed by atoms with Crippen LogP contribution in [0.25, 0.3) is 0 Å². The first-order chi connectivity index (χ1) is 4.72. The number of rotatable bonds is 1. The Hall–Kier alpha value is 0.0900. The van der Waals surface area contributed by atoms with Gasteiger partial charge in [0.15, 0.2) is 0 Å². The third kappa shape index (κ3) is 2.05. The minimum Gasteiger partial charge on any atom is -0.116 e. The van der Waals surface area contributed by atoms with Crippen molar-refractivity contribution in [2.45, 2.75) is 0 Å². The monoisotopic (exact) mass is 193 g/mol. The molecule has 1 radical (unpaired) electrons. The van der Waals surface area contributed by atoms with Gasteiger partial charge >= 0.3 is 0 Å². The Morgan fingerprint density at radius 3 is 1.90 bits per heavy atom. The lowest BCUT2D eigenvalue weighted by atomic mass is 10.2. The summed E-state index contributed by atoms with van der Waals surface area (Å²) in [5.74, 6) is 1.43. The lowest BCUT2D eigenvalue weighted by Gasteiger charge is -1.96. The van der Waals surface area contributed by atoms with E-state index in [2.05, 4.69) is 0 Å². The first-order valence-electron chi connectivity index (χ1n) is 2.62. The minimum absolute atomic E-state index is 0.597. The fourth-order valence-corrected chi connectivity index (χ4v) is 1.31. The highest BCUT2D eigenvalue weighted by Gasteiger charge is 1.95. The summed E-state index contributed by atoms with van der Waals surface area (Å²) < 4.78 is 0. The van der Waals surface area contributed by atoms with Gasteiger partial charge in [0.2, 0.25) is 0 Å². The van der Waals surface area contributed by atoms with E-state index in [1.165, 1.54) is 5.88 Å². The normalized spacial score (nSPS) is 9.90. The molecule has 0 saturated carbocycles. The van der Waals surface area contributed by atoms with E-state index in [9.17, 15) is 0 Å². The van der Waals surface area contributed by atoms with Gasteiger partial charge in [-0.1, -0.05) is 23.2 Å². The SMILES string of the molecule is Cl[CH]c1cc(Cl)cc(Cl)c1. The molecule has 3 heteroatoms. The van der Waals surface area contributed by atoms with Crippen LogP contribution in [0.2, 0.25) is 10.0 Å². The first kappa shape index (κ1) is 8.19. The van der Waals surface area contributed by atoms with Gasteiger partial charge in [-0.3, -0.25) is 0 Å². The molecule has 1 aromatic rings. The van der Waals surface area contributed by atoms with Crippen molar-refractivity contribution in [1.29, 1.82) is 0 Å². The maximum atomic E-state index is 5.67. The summed E-state index contributed by atoms with van der Waals surface area (Å²) in [7, 11) is 0. The van der Waals surface area contributed by atoms with E-state index in [4.69, 9.17) is 34.8 Å². The highest BCUT2D eigenvalue weighted by Crippen LogP contribution is 2.20. The van der Waals surface area contributed by atoms with Gasteiger partial charge in [-0.05, 0) is 23.8 Å². The van der Waals surface area contributed by atoms with Crippen LogP contribution in [0.15, 0.2) is 18.2 Å². The summed E-state index contributed by atoms with van der Waals surface area (Å²) in [6.45, 7) is 0. The van der Waals surface area contributed by atoms with Gasteiger partial charge in [-0.2, -0.15) is 0 Å². The minimum atomic E-state index is 0.597. The molecular weight excluding hydrogens is 190 g/mol. The van der Waals surface area contributed by atoms with E-state index in [0.29, 0.717) is 10.0 Å². The second-order valence-corrected chi connectivity index (χ2v) is 2.90. The number of benzene rings is 1. The van der Waals surface area contributed by atoms with E-state index < -0.39 is 0 Å². The number of halogens is 3. The zero-order chi connectivity index (χ0) is 7.56. The predicted octanol–water partition coefficient (Wildman–Crippen LogP) is 3.74. The molecule has 0 spiro atoms. The molecule has 0 nitrogen and oxygen atoms in total. The van der Waals surface area contributed by atoms with E-state index in [0.717, 1.165) is 5.56 Å². The zero-order valence-electron chi connectivity index (χ0n) is 4.94. The Bertz CT molecular complexity index is 212. The summed E-state index contributed by atoms with van der Waals surface area (Å²) in [6, 6.07) is 5.13. The Labute approximate surface area is 74.7 Å².